The SMILES string of the molecule is COCCn1ncc(NCc2sccc2Br)c(Br)c1=O. The molecule has 0 aliphatic rings. The Balaban J connectivity index is 2.11. The fourth-order valence-electron chi connectivity index (χ4n) is 1.55. The van der Waals surface area contributed by atoms with Gasteiger partial charge >= 0.3 is 0 Å². The first kappa shape index (κ1) is 15.7. The first-order chi connectivity index (χ1) is 9.63. The topological polar surface area (TPSA) is 56.1 Å². The summed E-state index contributed by atoms with van der Waals surface area (Å²) in [6.07, 6.45) is 1.64. The second kappa shape index (κ2) is 7.35. The zero-order valence-electron chi connectivity index (χ0n) is 10.7. The molecule has 20 heavy (non-hydrogen) atoms. The second-order valence-electron chi connectivity index (χ2n) is 3.94. The van der Waals surface area contributed by atoms with E-state index in [2.05, 4.69) is 42.3 Å². The Morgan fingerprint density at radius 2 is 2.30 bits per heavy atom. The predicted octanol–water partition coefficient (Wildman–Crippen LogP) is 3.09. The minimum atomic E-state index is -0.169. The average Bonchev–Trinajstić information content (AvgIpc) is 2.85. The van der Waals surface area contributed by atoms with Gasteiger partial charge in [-0.05, 0) is 43.3 Å². The molecular weight excluding hydrogens is 410 g/mol. The van der Waals surface area contributed by atoms with Gasteiger partial charge in [-0.25, -0.2) is 4.68 Å². The third-order valence-corrected chi connectivity index (χ3v) is 5.32. The number of anilines is 1. The summed E-state index contributed by atoms with van der Waals surface area (Å²) < 4.78 is 7.87. The van der Waals surface area contributed by atoms with Gasteiger partial charge in [0.1, 0.15) is 4.47 Å². The van der Waals surface area contributed by atoms with Crippen LogP contribution in [0, 0.1) is 0 Å². The van der Waals surface area contributed by atoms with Crippen LogP contribution in [0.1, 0.15) is 4.88 Å². The molecule has 0 bridgehead atoms. The Morgan fingerprint density at radius 3 is 2.95 bits per heavy atom. The van der Waals surface area contributed by atoms with Crippen molar-refractivity contribution in [2.45, 2.75) is 13.1 Å². The first-order valence-electron chi connectivity index (χ1n) is 5.83. The highest BCUT2D eigenvalue weighted by Crippen LogP contribution is 2.24. The van der Waals surface area contributed by atoms with Crippen LogP contribution >= 0.6 is 43.2 Å². The fraction of sp³-hybridized carbons (Fsp3) is 0.333. The number of aromatic nitrogens is 2. The number of hydrogen-bond donors (Lipinski definition) is 1. The quantitative estimate of drug-likeness (QED) is 0.777. The molecule has 2 aromatic rings. The second-order valence-corrected chi connectivity index (χ2v) is 6.59. The summed E-state index contributed by atoms with van der Waals surface area (Å²) in [6, 6.07) is 2.00. The van der Waals surface area contributed by atoms with Gasteiger partial charge in [0.05, 0.1) is 31.6 Å². The summed E-state index contributed by atoms with van der Waals surface area (Å²) in [4.78, 5) is 13.2. The van der Waals surface area contributed by atoms with Crippen molar-refractivity contribution in [2.75, 3.05) is 19.0 Å². The van der Waals surface area contributed by atoms with Gasteiger partial charge in [-0.2, -0.15) is 5.10 Å². The van der Waals surface area contributed by atoms with E-state index in [9.17, 15) is 4.79 Å². The van der Waals surface area contributed by atoms with Crippen LogP contribution in [0.2, 0.25) is 0 Å². The third kappa shape index (κ3) is 3.69. The van der Waals surface area contributed by atoms with Crippen molar-refractivity contribution >= 4 is 48.9 Å². The molecule has 2 rings (SSSR count). The first-order valence-corrected chi connectivity index (χ1v) is 8.30. The maximum absolute atomic E-state index is 12.1. The smallest absolute Gasteiger partial charge is 0.283 e. The summed E-state index contributed by atoms with van der Waals surface area (Å²) in [5.41, 5.74) is 0.515. The Hall–Kier alpha value is -0.700. The number of halogens is 2. The number of ether oxygens (including phenoxy) is 1. The van der Waals surface area contributed by atoms with E-state index in [4.69, 9.17) is 4.74 Å². The summed E-state index contributed by atoms with van der Waals surface area (Å²) in [5.74, 6) is 0. The van der Waals surface area contributed by atoms with E-state index < -0.39 is 0 Å². The van der Waals surface area contributed by atoms with E-state index >= 15 is 0 Å². The van der Waals surface area contributed by atoms with Crippen LogP contribution in [0.4, 0.5) is 5.69 Å². The van der Waals surface area contributed by atoms with E-state index in [1.54, 1.807) is 24.6 Å². The van der Waals surface area contributed by atoms with Crippen LogP contribution in [0.25, 0.3) is 0 Å². The highest BCUT2D eigenvalue weighted by atomic mass is 79.9. The molecule has 0 fully saturated rings. The summed E-state index contributed by atoms with van der Waals surface area (Å²) >= 11 is 8.45. The van der Waals surface area contributed by atoms with E-state index in [-0.39, 0.29) is 5.56 Å². The molecular formula is C12H13Br2N3O2S. The zero-order chi connectivity index (χ0) is 14.5. The molecule has 108 valence electrons. The minimum Gasteiger partial charge on any atom is -0.383 e. The summed E-state index contributed by atoms with van der Waals surface area (Å²) in [6.45, 7) is 1.53. The van der Waals surface area contributed by atoms with Gasteiger partial charge in [0.25, 0.3) is 5.56 Å². The third-order valence-electron chi connectivity index (χ3n) is 2.62. The molecule has 1 N–H and O–H groups in total. The van der Waals surface area contributed by atoms with Crippen LogP contribution < -0.4 is 10.9 Å². The van der Waals surface area contributed by atoms with Gasteiger partial charge in [0.15, 0.2) is 0 Å². The number of thiophene rings is 1. The molecule has 2 aromatic heterocycles. The van der Waals surface area contributed by atoms with E-state index in [1.165, 1.54) is 9.56 Å². The van der Waals surface area contributed by atoms with Gasteiger partial charge in [0, 0.05) is 16.5 Å². The molecule has 0 aliphatic carbocycles. The molecule has 5 nitrogen and oxygen atoms in total. The van der Waals surface area contributed by atoms with Crippen molar-refractivity contribution in [2.24, 2.45) is 0 Å². The molecule has 0 atom stereocenters. The van der Waals surface area contributed by atoms with Gasteiger partial charge in [-0.3, -0.25) is 4.79 Å². The molecule has 0 aliphatic heterocycles. The lowest BCUT2D eigenvalue weighted by Gasteiger charge is -2.10. The summed E-state index contributed by atoms with van der Waals surface area (Å²) in [5, 5.41) is 9.34. The zero-order valence-corrected chi connectivity index (χ0v) is 14.7. The Kier molecular flexibility index (Phi) is 5.76. The van der Waals surface area contributed by atoms with Crippen molar-refractivity contribution in [1.29, 1.82) is 0 Å². The predicted molar refractivity (Wildman–Crippen MR) is 87.4 cm³/mol. The molecule has 0 radical (unpaired) electrons. The molecule has 0 saturated heterocycles. The van der Waals surface area contributed by atoms with Crippen LogP contribution in [0.3, 0.4) is 0 Å². The highest BCUT2D eigenvalue weighted by molar-refractivity contribution is 9.11. The summed E-state index contributed by atoms with van der Waals surface area (Å²) in [7, 11) is 1.59. The molecule has 0 spiro atoms. The fourth-order valence-corrected chi connectivity index (χ4v) is 3.43. The molecule has 0 saturated carbocycles. The van der Waals surface area contributed by atoms with Gasteiger partial charge < -0.3 is 10.1 Å². The van der Waals surface area contributed by atoms with Crippen molar-refractivity contribution in [3.05, 3.63) is 41.8 Å². The van der Waals surface area contributed by atoms with Crippen molar-refractivity contribution in [1.82, 2.24) is 9.78 Å². The Morgan fingerprint density at radius 1 is 1.50 bits per heavy atom. The monoisotopic (exact) mass is 421 g/mol. The maximum atomic E-state index is 12.1. The standard InChI is InChI=1S/C12H13Br2N3O2S/c1-19-4-3-17-12(18)11(14)9(6-16-17)15-7-10-8(13)2-5-20-10/h2,5-6,15H,3-4,7H2,1H3. The normalized spacial score (nSPS) is 10.8. The molecule has 2 heterocycles. The lowest BCUT2D eigenvalue weighted by Crippen LogP contribution is -2.26. The average molecular weight is 423 g/mol. The van der Waals surface area contributed by atoms with Gasteiger partial charge in [0.2, 0.25) is 0 Å². The maximum Gasteiger partial charge on any atom is 0.283 e. The van der Waals surface area contributed by atoms with Gasteiger partial charge in [-0.15, -0.1) is 11.3 Å². The molecule has 0 unspecified atom stereocenters. The molecule has 0 amide bonds. The van der Waals surface area contributed by atoms with Crippen LogP contribution in [0.15, 0.2) is 31.4 Å². The number of methoxy groups -OCH3 is 1. The lowest BCUT2D eigenvalue weighted by atomic mass is 10.4. The van der Waals surface area contributed by atoms with E-state index in [0.29, 0.717) is 29.9 Å². The van der Waals surface area contributed by atoms with Crippen molar-refractivity contribution in [3.63, 3.8) is 0 Å². The van der Waals surface area contributed by atoms with Gasteiger partial charge in [-0.1, -0.05) is 0 Å². The minimum absolute atomic E-state index is 0.169. The number of nitrogens with zero attached hydrogens (tertiary/aromatic N) is 2. The van der Waals surface area contributed by atoms with Crippen molar-refractivity contribution in [3.8, 4) is 0 Å². The number of hydrogen-bond acceptors (Lipinski definition) is 5. The molecule has 8 heteroatoms. The van der Waals surface area contributed by atoms with E-state index in [1.807, 2.05) is 11.4 Å². The highest BCUT2D eigenvalue weighted by Gasteiger charge is 2.09. The van der Waals surface area contributed by atoms with Crippen LogP contribution in [0.5, 0.6) is 0 Å². The molecule has 0 aromatic carbocycles. The lowest BCUT2D eigenvalue weighted by molar-refractivity contribution is 0.181. The Labute approximate surface area is 137 Å². The number of rotatable bonds is 6. The Bertz CT molecular complexity index is 642. The van der Waals surface area contributed by atoms with Crippen molar-refractivity contribution < 1.29 is 4.74 Å². The largest absolute Gasteiger partial charge is 0.383 e. The van der Waals surface area contributed by atoms with Crippen LogP contribution in [-0.4, -0.2) is 23.5 Å². The number of nitrogens with one attached hydrogen (secondary N) is 1. The van der Waals surface area contributed by atoms with Crippen LogP contribution in [-0.2, 0) is 17.8 Å². The van der Waals surface area contributed by atoms with E-state index in [0.717, 1.165) is 4.47 Å².